The summed E-state index contributed by atoms with van der Waals surface area (Å²) < 4.78 is 155. The van der Waals surface area contributed by atoms with Gasteiger partial charge in [0.1, 0.15) is 0 Å². The molecule has 0 aliphatic carbocycles. The Labute approximate surface area is 142 Å². The molecule has 26 heavy (non-hydrogen) atoms. The van der Waals surface area contributed by atoms with Crippen molar-refractivity contribution in [2.45, 2.75) is 55.1 Å². The Morgan fingerprint density at radius 2 is 0.846 bits per heavy atom. The van der Waals surface area contributed by atoms with Crippen LogP contribution in [0.1, 0.15) is 0 Å². The Balaban J connectivity index is 0. The average molecular weight is 433 g/mol. The smallest absolute Gasteiger partial charge is 0.300 e. The van der Waals surface area contributed by atoms with E-state index in [9.17, 15) is 52.3 Å². The molecule has 2 N–H and O–H groups in total. The third-order valence-corrected chi connectivity index (χ3v) is 3.43. The highest BCUT2D eigenvalue weighted by Crippen LogP contribution is 2.29. The first-order valence-corrected chi connectivity index (χ1v) is 8.10. The van der Waals surface area contributed by atoms with Crippen LogP contribution < -0.4 is 5.32 Å². The van der Waals surface area contributed by atoms with E-state index in [1.165, 1.54) is 0 Å². The second-order valence-electron chi connectivity index (χ2n) is 4.81. The highest BCUT2D eigenvalue weighted by Gasteiger charge is 2.50. The number of alkyl halides is 10. The molecular formula is C11H17F10NO3S. The maximum Gasteiger partial charge on any atom is 0.300 e. The van der Waals surface area contributed by atoms with E-state index >= 15 is 0 Å². The Hall–Kier alpha value is -0.830. The van der Waals surface area contributed by atoms with Gasteiger partial charge in [-0.1, -0.05) is 0 Å². The van der Waals surface area contributed by atoms with Gasteiger partial charge in [-0.25, -0.2) is 43.9 Å². The SMILES string of the molecule is CNC.O=S(=O)(O)C(F)C(F)C(F)C(F)C(F)C(F)C(F)C(F)C(F)F. The maximum absolute atomic E-state index is 13.1. The third kappa shape index (κ3) is 8.24. The molecule has 0 aliphatic rings. The Morgan fingerprint density at radius 1 is 0.615 bits per heavy atom. The second-order valence-corrected chi connectivity index (χ2v) is 6.29. The van der Waals surface area contributed by atoms with Gasteiger partial charge >= 0.3 is 10.1 Å². The van der Waals surface area contributed by atoms with Crippen LogP contribution in [0.2, 0.25) is 0 Å². The number of hydrogen-bond donors (Lipinski definition) is 2. The van der Waals surface area contributed by atoms with E-state index in [0.29, 0.717) is 0 Å². The molecule has 4 nitrogen and oxygen atoms in total. The van der Waals surface area contributed by atoms with E-state index < -0.39 is 65.2 Å². The van der Waals surface area contributed by atoms with Crippen LogP contribution in [0.25, 0.3) is 0 Å². The van der Waals surface area contributed by atoms with Crippen molar-refractivity contribution in [1.29, 1.82) is 0 Å². The van der Waals surface area contributed by atoms with Crippen LogP contribution in [-0.4, -0.2) is 82.2 Å². The summed E-state index contributed by atoms with van der Waals surface area (Å²) in [5.41, 5.74) is -4.07. The molecule has 0 aromatic carbocycles. The quantitative estimate of drug-likeness (QED) is 0.434. The van der Waals surface area contributed by atoms with Gasteiger partial charge in [0.2, 0.25) is 0 Å². The molecule has 8 atom stereocenters. The highest BCUT2D eigenvalue weighted by molar-refractivity contribution is 7.86. The number of hydrogen-bond acceptors (Lipinski definition) is 3. The maximum atomic E-state index is 13.1. The van der Waals surface area contributed by atoms with E-state index in [0.717, 1.165) is 0 Å². The molecule has 0 spiro atoms. The lowest BCUT2D eigenvalue weighted by Crippen LogP contribution is -2.48. The molecule has 160 valence electrons. The van der Waals surface area contributed by atoms with Crippen LogP contribution in [0, 0.1) is 0 Å². The fourth-order valence-electron chi connectivity index (χ4n) is 1.33. The molecule has 0 rings (SSSR count). The van der Waals surface area contributed by atoms with Gasteiger partial charge in [-0.15, -0.1) is 0 Å². The summed E-state index contributed by atoms with van der Waals surface area (Å²) in [6, 6.07) is 0. The lowest BCUT2D eigenvalue weighted by Gasteiger charge is -2.25. The fourth-order valence-corrected chi connectivity index (χ4v) is 1.80. The van der Waals surface area contributed by atoms with Crippen LogP contribution >= 0.6 is 0 Å². The van der Waals surface area contributed by atoms with Crippen molar-refractivity contribution in [3.05, 3.63) is 0 Å². The Morgan fingerprint density at radius 3 is 1.08 bits per heavy atom. The summed E-state index contributed by atoms with van der Waals surface area (Å²) in [5, 5.41) is 2.75. The third-order valence-electron chi connectivity index (χ3n) is 2.60. The van der Waals surface area contributed by atoms with Crippen LogP contribution in [-0.2, 0) is 10.1 Å². The molecule has 0 heterocycles. The first-order valence-electron chi connectivity index (χ1n) is 6.60. The van der Waals surface area contributed by atoms with E-state index in [4.69, 9.17) is 4.55 Å². The number of rotatable bonds is 9. The molecule has 15 heteroatoms. The van der Waals surface area contributed by atoms with Gasteiger partial charge in [0.05, 0.1) is 0 Å². The molecule has 8 unspecified atom stereocenters. The highest BCUT2D eigenvalue weighted by atomic mass is 32.2. The van der Waals surface area contributed by atoms with Crippen LogP contribution in [0.3, 0.4) is 0 Å². The molecule has 0 bridgehead atoms. The van der Waals surface area contributed by atoms with E-state index in [2.05, 4.69) is 5.32 Å². The minimum Gasteiger partial charge on any atom is -0.323 e. The van der Waals surface area contributed by atoms with E-state index in [1.54, 1.807) is 0 Å². The first-order chi connectivity index (χ1) is 11.6. The Bertz CT molecular complexity index is 485. The van der Waals surface area contributed by atoms with Gasteiger partial charge in [-0.05, 0) is 14.1 Å². The van der Waals surface area contributed by atoms with Gasteiger partial charge in [0, 0.05) is 0 Å². The van der Waals surface area contributed by atoms with Crippen molar-refractivity contribution in [2.24, 2.45) is 0 Å². The van der Waals surface area contributed by atoms with Gasteiger partial charge in [0.25, 0.3) is 11.9 Å². The Kier molecular flexibility index (Phi) is 12.4. The van der Waals surface area contributed by atoms with Gasteiger partial charge in [-0.3, -0.25) is 4.55 Å². The standard InChI is InChI=1S/C9H10F10O3S.C2H7N/c10-1(2(11)4(13)6(15)8(17)18)3(12)5(14)7(16)9(19)23(20,21)22;1-3-2/h1-9H,(H,20,21,22);3H,1-2H3. The minimum absolute atomic E-state index is 1.88. The zero-order chi connectivity index (χ0) is 21.4. The fraction of sp³-hybridized carbons (Fsp3) is 1.00. The lowest BCUT2D eigenvalue weighted by molar-refractivity contribution is -0.0674. The summed E-state index contributed by atoms with van der Waals surface area (Å²) in [5.74, 6) is 0. The normalized spacial score (nSPS) is 21.6. The second kappa shape index (κ2) is 11.8. The largest absolute Gasteiger partial charge is 0.323 e. The molecule has 0 amide bonds. The first kappa shape index (κ1) is 27.4. The van der Waals surface area contributed by atoms with Crippen molar-refractivity contribution in [2.75, 3.05) is 14.1 Å². The van der Waals surface area contributed by atoms with Crippen LogP contribution in [0.5, 0.6) is 0 Å². The number of nitrogens with one attached hydrogen (secondary N) is 1. The predicted octanol–water partition coefficient (Wildman–Crippen LogP) is 2.64. The monoisotopic (exact) mass is 433 g/mol. The van der Waals surface area contributed by atoms with Crippen molar-refractivity contribution >= 4 is 10.1 Å². The predicted molar refractivity (Wildman–Crippen MR) is 71.7 cm³/mol. The van der Waals surface area contributed by atoms with Crippen molar-refractivity contribution in [3.8, 4) is 0 Å². The summed E-state index contributed by atoms with van der Waals surface area (Å²) in [4.78, 5) is 0. The minimum atomic E-state index is -5.87. The topological polar surface area (TPSA) is 66.4 Å². The van der Waals surface area contributed by atoms with Crippen molar-refractivity contribution < 1.29 is 56.9 Å². The summed E-state index contributed by atoms with van der Waals surface area (Å²) in [7, 11) is -2.12. The molecular weight excluding hydrogens is 416 g/mol. The van der Waals surface area contributed by atoms with E-state index in [1.807, 2.05) is 14.1 Å². The summed E-state index contributed by atoms with van der Waals surface area (Å²) in [6.45, 7) is 0. The van der Waals surface area contributed by atoms with Gasteiger partial charge < -0.3 is 5.32 Å². The zero-order valence-corrected chi connectivity index (χ0v) is 14.0. The lowest BCUT2D eigenvalue weighted by atomic mass is 10.00. The molecule has 0 saturated carbocycles. The molecule has 0 aromatic rings. The molecule has 0 saturated heterocycles. The summed E-state index contributed by atoms with van der Waals surface area (Å²) >= 11 is 0. The molecule has 0 aromatic heterocycles. The molecule has 0 radical (unpaired) electrons. The van der Waals surface area contributed by atoms with E-state index in [-0.39, 0.29) is 0 Å². The van der Waals surface area contributed by atoms with Crippen molar-refractivity contribution in [1.82, 2.24) is 5.32 Å². The van der Waals surface area contributed by atoms with Gasteiger partial charge in [0.15, 0.2) is 43.2 Å². The van der Waals surface area contributed by atoms with Crippen molar-refractivity contribution in [3.63, 3.8) is 0 Å². The van der Waals surface area contributed by atoms with Gasteiger partial charge in [-0.2, -0.15) is 8.42 Å². The van der Waals surface area contributed by atoms with Crippen LogP contribution in [0.15, 0.2) is 0 Å². The molecule has 0 fully saturated rings. The average Bonchev–Trinajstić information content (AvgIpc) is 2.55. The summed E-state index contributed by atoms with van der Waals surface area (Å²) in [6.07, 6.45) is -32.2. The number of halogens is 10. The molecule has 0 aliphatic heterocycles. The zero-order valence-electron chi connectivity index (χ0n) is 13.1. The van der Waals surface area contributed by atoms with Crippen LogP contribution in [0.4, 0.5) is 43.9 Å².